The summed E-state index contributed by atoms with van der Waals surface area (Å²) in [5, 5.41) is 19.1. The number of nitro groups is 1. The van der Waals surface area contributed by atoms with Crippen LogP contribution in [0.4, 0.5) is 5.69 Å². The Hall–Kier alpha value is -1.63. The predicted molar refractivity (Wildman–Crippen MR) is 63.2 cm³/mol. The lowest BCUT2D eigenvalue weighted by Gasteiger charge is -2.07. The second-order valence-electron chi connectivity index (χ2n) is 3.19. The number of hydrogen-bond donors (Lipinski definition) is 1. The molecule has 0 heterocycles. The smallest absolute Gasteiger partial charge is 0.303 e. The minimum atomic E-state index is -0.897. The van der Waals surface area contributed by atoms with E-state index in [1.807, 2.05) is 0 Å². The standard InChI is InChI=1S/C10H10BrNO5/c11-10-7(12(15)16)3-1-4-8(10)17-6-2-5-9(13)14/h1,3-4H,2,5-6H2,(H,13,14). The Balaban J connectivity index is 2.62. The number of halogens is 1. The van der Waals surface area contributed by atoms with E-state index >= 15 is 0 Å². The number of ether oxygens (including phenoxy) is 1. The molecule has 0 amide bonds. The third kappa shape index (κ3) is 4.03. The molecule has 0 bridgehead atoms. The first-order valence-electron chi connectivity index (χ1n) is 4.80. The van der Waals surface area contributed by atoms with Gasteiger partial charge in [-0.25, -0.2) is 0 Å². The van der Waals surface area contributed by atoms with E-state index in [1.54, 1.807) is 6.07 Å². The van der Waals surface area contributed by atoms with Crippen LogP contribution in [0.5, 0.6) is 5.75 Å². The average molecular weight is 304 g/mol. The van der Waals surface area contributed by atoms with Gasteiger partial charge in [-0.05, 0) is 28.4 Å². The quantitative estimate of drug-likeness (QED) is 0.495. The lowest BCUT2D eigenvalue weighted by Crippen LogP contribution is -2.03. The second kappa shape index (κ2) is 6.19. The zero-order chi connectivity index (χ0) is 12.8. The molecular weight excluding hydrogens is 294 g/mol. The molecule has 0 fully saturated rings. The molecule has 0 aliphatic heterocycles. The van der Waals surface area contributed by atoms with Gasteiger partial charge in [-0.1, -0.05) is 6.07 Å². The lowest BCUT2D eigenvalue weighted by molar-refractivity contribution is -0.385. The number of rotatable bonds is 6. The van der Waals surface area contributed by atoms with Crippen LogP contribution in [0.15, 0.2) is 22.7 Å². The van der Waals surface area contributed by atoms with Gasteiger partial charge in [-0.2, -0.15) is 0 Å². The molecule has 0 spiro atoms. The summed E-state index contributed by atoms with van der Waals surface area (Å²) >= 11 is 3.08. The van der Waals surface area contributed by atoms with Crippen molar-refractivity contribution in [2.24, 2.45) is 0 Å². The van der Waals surface area contributed by atoms with Crippen molar-refractivity contribution < 1.29 is 19.6 Å². The summed E-state index contributed by atoms with van der Waals surface area (Å²) < 4.78 is 5.53. The van der Waals surface area contributed by atoms with Crippen molar-refractivity contribution in [3.05, 3.63) is 32.8 Å². The molecule has 0 aliphatic carbocycles. The highest BCUT2D eigenvalue weighted by molar-refractivity contribution is 9.10. The summed E-state index contributed by atoms with van der Waals surface area (Å²) in [6, 6.07) is 4.45. The fourth-order valence-corrected chi connectivity index (χ4v) is 1.68. The van der Waals surface area contributed by atoms with Gasteiger partial charge >= 0.3 is 5.97 Å². The van der Waals surface area contributed by atoms with E-state index in [9.17, 15) is 14.9 Å². The fourth-order valence-electron chi connectivity index (χ4n) is 1.16. The van der Waals surface area contributed by atoms with Gasteiger partial charge < -0.3 is 9.84 Å². The van der Waals surface area contributed by atoms with Crippen LogP contribution in [0.1, 0.15) is 12.8 Å². The molecule has 0 saturated carbocycles. The first-order valence-corrected chi connectivity index (χ1v) is 5.59. The summed E-state index contributed by atoms with van der Waals surface area (Å²) in [5.41, 5.74) is -0.0827. The van der Waals surface area contributed by atoms with E-state index in [2.05, 4.69) is 15.9 Å². The highest BCUT2D eigenvalue weighted by atomic mass is 79.9. The molecule has 1 N–H and O–H groups in total. The Morgan fingerprint density at radius 1 is 1.53 bits per heavy atom. The van der Waals surface area contributed by atoms with Crippen LogP contribution in [-0.4, -0.2) is 22.6 Å². The molecule has 1 aromatic rings. The molecular formula is C10H10BrNO5. The van der Waals surface area contributed by atoms with Crippen LogP contribution < -0.4 is 4.74 Å². The third-order valence-corrected chi connectivity index (χ3v) is 2.73. The number of hydrogen-bond acceptors (Lipinski definition) is 4. The zero-order valence-electron chi connectivity index (χ0n) is 8.76. The highest BCUT2D eigenvalue weighted by Gasteiger charge is 2.15. The lowest BCUT2D eigenvalue weighted by atomic mass is 10.3. The van der Waals surface area contributed by atoms with Crippen LogP contribution in [0.25, 0.3) is 0 Å². The van der Waals surface area contributed by atoms with Gasteiger partial charge in [-0.3, -0.25) is 14.9 Å². The number of aliphatic carboxylic acids is 1. The Bertz CT molecular complexity index is 435. The summed E-state index contributed by atoms with van der Waals surface area (Å²) in [6.45, 7) is 0.200. The van der Waals surface area contributed by atoms with Crippen molar-refractivity contribution >= 4 is 27.6 Å². The molecule has 7 heteroatoms. The van der Waals surface area contributed by atoms with E-state index in [4.69, 9.17) is 9.84 Å². The molecule has 92 valence electrons. The van der Waals surface area contributed by atoms with Gasteiger partial charge in [-0.15, -0.1) is 0 Å². The summed E-state index contributed by atoms with van der Waals surface area (Å²) in [4.78, 5) is 20.4. The van der Waals surface area contributed by atoms with Crippen LogP contribution in [-0.2, 0) is 4.79 Å². The molecule has 0 atom stereocenters. The Morgan fingerprint density at radius 3 is 2.82 bits per heavy atom. The van der Waals surface area contributed by atoms with Crippen molar-refractivity contribution in [2.45, 2.75) is 12.8 Å². The first kappa shape index (κ1) is 13.4. The van der Waals surface area contributed by atoms with Crippen LogP contribution in [0.2, 0.25) is 0 Å². The van der Waals surface area contributed by atoms with Gasteiger partial charge in [0.25, 0.3) is 5.69 Å². The maximum absolute atomic E-state index is 10.6. The van der Waals surface area contributed by atoms with E-state index in [0.29, 0.717) is 12.2 Å². The minimum Gasteiger partial charge on any atom is -0.492 e. The number of carbonyl (C=O) groups is 1. The molecule has 1 aromatic carbocycles. The topological polar surface area (TPSA) is 89.7 Å². The van der Waals surface area contributed by atoms with Crippen molar-refractivity contribution in [1.29, 1.82) is 0 Å². The molecule has 0 saturated heterocycles. The molecule has 0 aromatic heterocycles. The van der Waals surface area contributed by atoms with Gasteiger partial charge in [0.15, 0.2) is 0 Å². The molecule has 17 heavy (non-hydrogen) atoms. The monoisotopic (exact) mass is 303 g/mol. The van der Waals surface area contributed by atoms with Gasteiger partial charge in [0.1, 0.15) is 10.2 Å². The fraction of sp³-hybridized carbons (Fsp3) is 0.300. The van der Waals surface area contributed by atoms with Crippen molar-refractivity contribution in [3.63, 3.8) is 0 Å². The Morgan fingerprint density at radius 2 is 2.24 bits per heavy atom. The number of benzene rings is 1. The van der Waals surface area contributed by atoms with E-state index < -0.39 is 10.9 Å². The molecule has 0 aliphatic rings. The highest BCUT2D eigenvalue weighted by Crippen LogP contribution is 2.33. The average Bonchev–Trinajstić information content (AvgIpc) is 2.25. The van der Waals surface area contributed by atoms with Crippen LogP contribution in [0.3, 0.4) is 0 Å². The molecule has 0 radical (unpaired) electrons. The van der Waals surface area contributed by atoms with E-state index in [1.165, 1.54) is 12.1 Å². The summed E-state index contributed by atoms with van der Waals surface area (Å²) in [6.07, 6.45) is 0.358. The van der Waals surface area contributed by atoms with Gasteiger partial charge in [0, 0.05) is 12.5 Å². The molecule has 6 nitrogen and oxygen atoms in total. The van der Waals surface area contributed by atoms with Gasteiger partial charge in [0.05, 0.1) is 11.5 Å². The number of nitrogens with zero attached hydrogens (tertiary/aromatic N) is 1. The van der Waals surface area contributed by atoms with E-state index in [0.717, 1.165) is 0 Å². The maximum atomic E-state index is 10.6. The van der Waals surface area contributed by atoms with Crippen molar-refractivity contribution in [3.8, 4) is 5.75 Å². The van der Waals surface area contributed by atoms with E-state index in [-0.39, 0.29) is 23.2 Å². The Kier molecular flexibility index (Phi) is 4.89. The SMILES string of the molecule is O=C(O)CCCOc1cccc([N+](=O)[O-])c1Br. The Labute approximate surface area is 105 Å². The molecule has 0 unspecified atom stereocenters. The van der Waals surface area contributed by atoms with Crippen LogP contribution >= 0.6 is 15.9 Å². The summed E-state index contributed by atoms with van der Waals surface area (Å²) in [7, 11) is 0. The number of nitro benzene ring substituents is 1. The first-order chi connectivity index (χ1) is 8.02. The third-order valence-electron chi connectivity index (χ3n) is 1.93. The van der Waals surface area contributed by atoms with Crippen molar-refractivity contribution in [1.82, 2.24) is 0 Å². The largest absolute Gasteiger partial charge is 0.492 e. The zero-order valence-corrected chi connectivity index (χ0v) is 10.3. The normalized spacial score (nSPS) is 9.94. The molecule has 1 rings (SSSR count). The van der Waals surface area contributed by atoms with Crippen LogP contribution in [0, 0.1) is 10.1 Å². The number of carboxylic acid groups (broad SMARTS) is 1. The number of carboxylic acids is 1. The second-order valence-corrected chi connectivity index (χ2v) is 3.99. The summed E-state index contributed by atoms with van der Waals surface area (Å²) in [5.74, 6) is -0.559. The van der Waals surface area contributed by atoms with Gasteiger partial charge in [0.2, 0.25) is 0 Å². The maximum Gasteiger partial charge on any atom is 0.303 e. The predicted octanol–water partition coefficient (Wildman–Crippen LogP) is 2.60. The van der Waals surface area contributed by atoms with Crippen molar-refractivity contribution in [2.75, 3.05) is 6.61 Å². The minimum absolute atomic E-state index is 0.00649.